The van der Waals surface area contributed by atoms with Gasteiger partial charge in [-0.2, -0.15) is 0 Å². The highest BCUT2D eigenvalue weighted by molar-refractivity contribution is 5.74. The van der Waals surface area contributed by atoms with Gasteiger partial charge in [-0.3, -0.25) is 4.79 Å². The van der Waals surface area contributed by atoms with Crippen LogP contribution in [-0.2, 0) is 9.53 Å². The minimum atomic E-state index is -0.637. The van der Waals surface area contributed by atoms with Crippen LogP contribution in [0.25, 0.3) is 5.57 Å². The maximum atomic E-state index is 11.6. The van der Waals surface area contributed by atoms with Crippen LogP contribution in [0.3, 0.4) is 0 Å². The lowest BCUT2D eigenvalue weighted by Crippen LogP contribution is -2.11. The molecule has 0 aliphatic carbocycles. The predicted octanol–water partition coefficient (Wildman–Crippen LogP) is 4.18. The highest BCUT2D eigenvalue weighted by Gasteiger charge is 2.22. The van der Waals surface area contributed by atoms with Crippen molar-refractivity contribution in [2.45, 2.75) is 13.0 Å². The number of hydrogen-bond donors (Lipinski definition) is 0. The number of esters is 1. The monoisotopic (exact) mass is 324 g/mol. The van der Waals surface area contributed by atoms with E-state index in [0.717, 1.165) is 11.1 Å². The molecule has 1 unspecified atom stereocenters. The summed E-state index contributed by atoms with van der Waals surface area (Å²) in [7, 11) is 3.13. The summed E-state index contributed by atoms with van der Waals surface area (Å²) < 4.78 is 16.1. The first-order chi connectivity index (χ1) is 11.6. The highest BCUT2D eigenvalue weighted by Crippen LogP contribution is 2.37. The summed E-state index contributed by atoms with van der Waals surface area (Å²) in [6.45, 7) is 5.13. The Morgan fingerprint density at radius 2 is 1.71 bits per heavy atom. The van der Waals surface area contributed by atoms with E-state index >= 15 is 0 Å². The lowest BCUT2D eigenvalue weighted by atomic mass is 9.95. The molecule has 0 N–H and O–H groups in total. The highest BCUT2D eigenvalue weighted by atomic mass is 16.5. The maximum absolute atomic E-state index is 11.6. The Kier molecular flexibility index (Phi) is 5.83. The smallest absolute Gasteiger partial charge is 0.303 e. The fraction of sp³-hybridized carbons (Fsp3) is 0.200. The molecular weight excluding hydrogens is 304 g/mol. The van der Waals surface area contributed by atoms with E-state index in [0.29, 0.717) is 17.1 Å². The van der Waals surface area contributed by atoms with Crippen molar-refractivity contribution in [2.24, 2.45) is 0 Å². The summed E-state index contributed by atoms with van der Waals surface area (Å²) >= 11 is 0. The molecule has 0 saturated heterocycles. The van der Waals surface area contributed by atoms with Crippen LogP contribution in [0.4, 0.5) is 0 Å². The first-order valence-electron chi connectivity index (χ1n) is 7.45. The Morgan fingerprint density at radius 1 is 1.04 bits per heavy atom. The molecule has 124 valence electrons. The van der Waals surface area contributed by atoms with E-state index in [1.807, 2.05) is 36.4 Å². The summed E-state index contributed by atoms with van der Waals surface area (Å²) in [5.41, 5.74) is 5.22. The first kappa shape index (κ1) is 17.4. The van der Waals surface area contributed by atoms with Gasteiger partial charge < -0.3 is 14.2 Å². The molecule has 0 aromatic heterocycles. The summed E-state index contributed by atoms with van der Waals surface area (Å²) in [5.74, 6) is 0.772. The van der Waals surface area contributed by atoms with E-state index in [1.54, 1.807) is 26.4 Å². The van der Waals surface area contributed by atoms with Gasteiger partial charge in [-0.25, -0.2) is 0 Å². The third-order valence-electron chi connectivity index (χ3n) is 3.53. The number of methoxy groups -OCH3 is 2. The van der Waals surface area contributed by atoms with Crippen LogP contribution >= 0.6 is 0 Å². The van der Waals surface area contributed by atoms with E-state index in [-0.39, 0.29) is 0 Å². The molecule has 0 amide bonds. The van der Waals surface area contributed by atoms with Gasteiger partial charge in [0.05, 0.1) is 14.2 Å². The van der Waals surface area contributed by atoms with Crippen molar-refractivity contribution in [3.8, 4) is 11.5 Å². The Labute approximate surface area is 142 Å². The molecule has 0 saturated carbocycles. The van der Waals surface area contributed by atoms with Crippen LogP contribution in [0.1, 0.15) is 24.2 Å². The van der Waals surface area contributed by atoms with Crippen LogP contribution < -0.4 is 9.47 Å². The molecule has 2 aromatic carbocycles. The van der Waals surface area contributed by atoms with Crippen molar-refractivity contribution in [3.63, 3.8) is 0 Å². The zero-order valence-electron chi connectivity index (χ0n) is 14.0. The lowest BCUT2D eigenvalue weighted by Gasteiger charge is -2.21. The van der Waals surface area contributed by atoms with E-state index in [2.05, 4.69) is 12.3 Å². The molecule has 2 rings (SSSR count). The molecule has 0 heterocycles. The molecular formula is C20H20O4. The normalized spacial score (nSPS) is 11.1. The lowest BCUT2D eigenvalue weighted by molar-refractivity contribution is -0.144. The third-order valence-corrected chi connectivity index (χ3v) is 3.53. The SMILES string of the molecule is C=C=C(c1ccccc1)C(OC(C)=O)c1ccc(OC)c(OC)c1. The molecule has 4 nitrogen and oxygen atoms in total. The van der Waals surface area contributed by atoms with Gasteiger partial charge in [0.2, 0.25) is 0 Å². The van der Waals surface area contributed by atoms with Crippen molar-refractivity contribution < 1.29 is 19.0 Å². The Balaban J connectivity index is 2.53. The van der Waals surface area contributed by atoms with Crippen molar-refractivity contribution in [2.75, 3.05) is 14.2 Å². The zero-order chi connectivity index (χ0) is 17.5. The Morgan fingerprint density at radius 3 is 2.25 bits per heavy atom. The maximum Gasteiger partial charge on any atom is 0.303 e. The quantitative estimate of drug-likeness (QED) is 0.591. The van der Waals surface area contributed by atoms with Gasteiger partial charge >= 0.3 is 5.97 Å². The van der Waals surface area contributed by atoms with Crippen molar-refractivity contribution in [1.82, 2.24) is 0 Å². The number of carbonyl (C=O) groups is 1. The first-order valence-corrected chi connectivity index (χ1v) is 7.45. The van der Waals surface area contributed by atoms with E-state index < -0.39 is 12.1 Å². The second kappa shape index (κ2) is 8.04. The van der Waals surface area contributed by atoms with Crippen LogP contribution in [0.15, 0.2) is 60.8 Å². The van der Waals surface area contributed by atoms with Crippen molar-refractivity contribution in [3.05, 3.63) is 72.0 Å². The number of carbonyl (C=O) groups excluding carboxylic acids is 1. The average Bonchev–Trinajstić information content (AvgIpc) is 2.61. The summed E-state index contributed by atoms with van der Waals surface area (Å²) in [4.78, 5) is 11.6. The fourth-order valence-corrected chi connectivity index (χ4v) is 2.44. The number of hydrogen-bond acceptors (Lipinski definition) is 4. The van der Waals surface area contributed by atoms with Gasteiger partial charge in [-0.05, 0) is 17.7 Å². The second-order valence-corrected chi connectivity index (χ2v) is 5.06. The van der Waals surface area contributed by atoms with Crippen LogP contribution in [0, 0.1) is 0 Å². The molecule has 0 aliphatic rings. The second-order valence-electron chi connectivity index (χ2n) is 5.06. The molecule has 4 heteroatoms. The van der Waals surface area contributed by atoms with Gasteiger partial charge in [-0.15, -0.1) is 5.73 Å². The molecule has 0 radical (unpaired) electrons. The minimum Gasteiger partial charge on any atom is -0.493 e. The Hall–Kier alpha value is -2.97. The zero-order valence-corrected chi connectivity index (χ0v) is 14.0. The van der Waals surface area contributed by atoms with Gasteiger partial charge in [0.15, 0.2) is 17.6 Å². The van der Waals surface area contributed by atoms with Gasteiger partial charge in [-0.1, -0.05) is 43.0 Å². The summed E-state index contributed by atoms with van der Waals surface area (Å²) in [6, 6.07) is 15.0. The van der Waals surface area contributed by atoms with Gasteiger partial charge in [0.25, 0.3) is 0 Å². The predicted molar refractivity (Wildman–Crippen MR) is 93.0 cm³/mol. The molecule has 1 atom stereocenters. The van der Waals surface area contributed by atoms with Gasteiger partial charge in [0, 0.05) is 18.1 Å². The van der Waals surface area contributed by atoms with E-state index in [9.17, 15) is 4.79 Å². The molecule has 0 bridgehead atoms. The van der Waals surface area contributed by atoms with Crippen LogP contribution in [0.5, 0.6) is 11.5 Å². The molecule has 0 fully saturated rings. The number of benzene rings is 2. The molecule has 0 aliphatic heterocycles. The Bertz CT molecular complexity index is 758. The number of rotatable bonds is 6. The summed E-state index contributed by atoms with van der Waals surface area (Å²) in [5, 5.41) is 0. The molecule has 0 spiro atoms. The van der Waals surface area contributed by atoms with Crippen LogP contribution in [0.2, 0.25) is 0 Å². The van der Waals surface area contributed by atoms with Gasteiger partial charge in [0.1, 0.15) is 0 Å². The van der Waals surface area contributed by atoms with Crippen molar-refractivity contribution >= 4 is 11.5 Å². The largest absolute Gasteiger partial charge is 0.493 e. The molecule has 24 heavy (non-hydrogen) atoms. The summed E-state index contributed by atoms with van der Waals surface area (Å²) in [6.07, 6.45) is -0.637. The van der Waals surface area contributed by atoms with E-state index in [4.69, 9.17) is 14.2 Å². The van der Waals surface area contributed by atoms with E-state index in [1.165, 1.54) is 6.92 Å². The average molecular weight is 324 g/mol. The standard InChI is InChI=1S/C20H20O4/c1-5-17(15-9-7-6-8-10-15)20(24-14(2)21)16-11-12-18(22-3)19(13-16)23-4/h6-13,20H,1H2,2-4H3. The topological polar surface area (TPSA) is 44.8 Å². The van der Waals surface area contributed by atoms with Crippen molar-refractivity contribution in [1.29, 1.82) is 0 Å². The third kappa shape index (κ3) is 3.86. The minimum absolute atomic E-state index is 0.390. The fourth-order valence-electron chi connectivity index (χ4n) is 2.44. The van der Waals surface area contributed by atoms with Crippen LogP contribution in [-0.4, -0.2) is 20.2 Å². The number of ether oxygens (including phenoxy) is 3. The molecule has 2 aromatic rings.